The summed E-state index contributed by atoms with van der Waals surface area (Å²) >= 11 is 0. The molecule has 1 aromatic heterocycles. The SMILES string of the molecule is Cc1ccc2c(C)c(C(=O)N3C[C@H]4CC[C@@H]3CN(C)C4)oc2c1. The lowest BCUT2D eigenvalue weighted by molar-refractivity contribution is 0.0556. The fraction of sp³-hybridized carbons (Fsp3) is 0.526. The van der Waals surface area contributed by atoms with Crippen LogP contribution in [0.5, 0.6) is 0 Å². The molecule has 0 saturated carbocycles. The lowest BCUT2D eigenvalue weighted by Crippen LogP contribution is -2.47. The molecule has 0 radical (unpaired) electrons. The summed E-state index contributed by atoms with van der Waals surface area (Å²) in [6.07, 6.45) is 2.34. The van der Waals surface area contributed by atoms with E-state index in [9.17, 15) is 4.79 Å². The van der Waals surface area contributed by atoms with Crippen LogP contribution in [-0.2, 0) is 0 Å². The number of amides is 1. The Morgan fingerprint density at radius 3 is 2.83 bits per heavy atom. The van der Waals surface area contributed by atoms with Gasteiger partial charge in [0.1, 0.15) is 5.58 Å². The maximum atomic E-state index is 13.1. The van der Waals surface area contributed by atoms with Gasteiger partial charge in [-0.25, -0.2) is 0 Å². The van der Waals surface area contributed by atoms with E-state index in [1.165, 1.54) is 6.42 Å². The molecule has 1 aromatic carbocycles. The molecule has 4 heterocycles. The molecule has 2 bridgehead atoms. The molecule has 0 unspecified atom stereocenters. The van der Waals surface area contributed by atoms with Crippen molar-refractivity contribution < 1.29 is 9.21 Å². The van der Waals surface area contributed by atoms with Gasteiger partial charge in [-0.05, 0) is 51.3 Å². The van der Waals surface area contributed by atoms with E-state index in [4.69, 9.17) is 4.42 Å². The predicted molar refractivity (Wildman–Crippen MR) is 90.7 cm³/mol. The molecule has 3 saturated heterocycles. The molecule has 0 spiro atoms. The van der Waals surface area contributed by atoms with Crippen LogP contribution >= 0.6 is 0 Å². The van der Waals surface area contributed by atoms with Crippen molar-refractivity contribution in [2.24, 2.45) is 5.92 Å². The summed E-state index contributed by atoms with van der Waals surface area (Å²) in [7, 11) is 2.16. The van der Waals surface area contributed by atoms with E-state index < -0.39 is 0 Å². The van der Waals surface area contributed by atoms with Crippen molar-refractivity contribution in [2.45, 2.75) is 32.7 Å². The highest BCUT2D eigenvalue weighted by atomic mass is 16.3. The fourth-order valence-corrected chi connectivity index (χ4v) is 4.23. The number of nitrogens with zero attached hydrogens (tertiary/aromatic N) is 2. The molecular weight excluding hydrogens is 288 g/mol. The Bertz CT molecular complexity index is 764. The maximum Gasteiger partial charge on any atom is 0.290 e. The topological polar surface area (TPSA) is 36.7 Å². The average Bonchev–Trinajstić information content (AvgIpc) is 2.66. The summed E-state index contributed by atoms with van der Waals surface area (Å²) in [5, 5.41) is 1.05. The first-order chi connectivity index (χ1) is 11.0. The Labute approximate surface area is 137 Å². The van der Waals surface area contributed by atoms with Gasteiger partial charge in [0.25, 0.3) is 5.91 Å². The number of piperidine rings is 1. The zero-order valence-electron chi connectivity index (χ0n) is 14.1. The highest BCUT2D eigenvalue weighted by Crippen LogP contribution is 2.32. The van der Waals surface area contributed by atoms with Gasteiger partial charge in [-0.1, -0.05) is 12.1 Å². The van der Waals surface area contributed by atoms with Crippen LogP contribution in [0.1, 0.15) is 34.5 Å². The van der Waals surface area contributed by atoms with Crippen molar-refractivity contribution in [3.63, 3.8) is 0 Å². The van der Waals surface area contributed by atoms with Crippen molar-refractivity contribution in [3.8, 4) is 0 Å². The largest absolute Gasteiger partial charge is 0.451 e. The molecule has 23 heavy (non-hydrogen) atoms. The molecule has 122 valence electrons. The van der Waals surface area contributed by atoms with Crippen LogP contribution in [0.3, 0.4) is 0 Å². The summed E-state index contributed by atoms with van der Waals surface area (Å²) in [5.41, 5.74) is 2.95. The molecule has 2 aromatic rings. The predicted octanol–water partition coefficient (Wildman–Crippen LogP) is 3.22. The van der Waals surface area contributed by atoms with E-state index in [1.54, 1.807) is 0 Å². The second-order valence-electron chi connectivity index (χ2n) is 7.33. The number of likely N-dealkylation sites (N-methyl/N-ethyl adjacent to an activating group) is 1. The standard InChI is InChI=1S/C19H24N2O2/c1-12-4-7-16-13(2)18(23-17(16)8-12)19(22)21-10-14-5-6-15(21)11-20(3)9-14/h4,7-8,14-15H,5-6,9-11H2,1-3H3/t14-,15+/m0/s1. The van der Waals surface area contributed by atoms with Gasteiger partial charge in [0.15, 0.2) is 5.76 Å². The van der Waals surface area contributed by atoms with Crippen LogP contribution in [0.2, 0.25) is 0 Å². The molecule has 0 N–H and O–H groups in total. The third-order valence-electron chi connectivity index (χ3n) is 5.44. The Morgan fingerprint density at radius 2 is 2.00 bits per heavy atom. The van der Waals surface area contributed by atoms with Gasteiger partial charge in [0.2, 0.25) is 0 Å². The van der Waals surface area contributed by atoms with Crippen molar-refractivity contribution in [1.82, 2.24) is 9.80 Å². The van der Waals surface area contributed by atoms with Gasteiger partial charge in [0.05, 0.1) is 0 Å². The van der Waals surface area contributed by atoms with Crippen LogP contribution in [0, 0.1) is 19.8 Å². The number of hydrogen-bond acceptors (Lipinski definition) is 3. The van der Waals surface area contributed by atoms with Gasteiger partial charge >= 0.3 is 0 Å². The third kappa shape index (κ3) is 2.45. The Hall–Kier alpha value is -1.81. The molecule has 1 amide bonds. The van der Waals surface area contributed by atoms with Crippen LogP contribution in [0.25, 0.3) is 11.0 Å². The first-order valence-corrected chi connectivity index (χ1v) is 8.52. The molecule has 3 fully saturated rings. The first kappa shape index (κ1) is 14.8. The van der Waals surface area contributed by atoms with Crippen molar-refractivity contribution in [1.29, 1.82) is 0 Å². The number of furan rings is 1. The van der Waals surface area contributed by atoms with Crippen molar-refractivity contribution in [2.75, 3.05) is 26.7 Å². The summed E-state index contributed by atoms with van der Waals surface area (Å²) < 4.78 is 5.97. The highest BCUT2D eigenvalue weighted by Gasteiger charge is 2.38. The lowest BCUT2D eigenvalue weighted by atomic mass is 9.94. The summed E-state index contributed by atoms with van der Waals surface area (Å²) in [5.74, 6) is 1.19. The molecule has 4 nitrogen and oxygen atoms in total. The number of carbonyl (C=O) groups is 1. The molecule has 5 rings (SSSR count). The van der Waals surface area contributed by atoms with Crippen LogP contribution in [0.4, 0.5) is 0 Å². The summed E-state index contributed by atoms with van der Waals surface area (Å²) in [4.78, 5) is 17.6. The smallest absolute Gasteiger partial charge is 0.290 e. The minimum atomic E-state index is 0.0707. The number of aryl methyl sites for hydroxylation is 2. The second kappa shape index (κ2) is 5.38. The lowest BCUT2D eigenvalue weighted by Gasteiger charge is -2.35. The van der Waals surface area contributed by atoms with E-state index in [0.717, 1.165) is 48.2 Å². The molecule has 2 atom stereocenters. The molecule has 4 heteroatoms. The van der Waals surface area contributed by atoms with E-state index >= 15 is 0 Å². The average molecular weight is 312 g/mol. The van der Waals surface area contributed by atoms with E-state index in [2.05, 4.69) is 29.0 Å². The Kier molecular flexibility index (Phi) is 3.45. The number of benzene rings is 1. The van der Waals surface area contributed by atoms with E-state index in [0.29, 0.717) is 17.7 Å². The highest BCUT2D eigenvalue weighted by molar-refractivity contribution is 5.99. The van der Waals surface area contributed by atoms with Gasteiger partial charge in [-0.15, -0.1) is 0 Å². The summed E-state index contributed by atoms with van der Waals surface area (Å²) in [6.45, 7) is 6.97. The summed E-state index contributed by atoms with van der Waals surface area (Å²) in [6, 6.07) is 6.46. The Morgan fingerprint density at radius 1 is 1.17 bits per heavy atom. The van der Waals surface area contributed by atoms with Gasteiger partial charge in [-0.2, -0.15) is 0 Å². The monoisotopic (exact) mass is 312 g/mol. The molecule has 0 aliphatic carbocycles. The number of fused-ring (bicyclic) bond motifs is 5. The number of hydrogen-bond donors (Lipinski definition) is 0. The Balaban J connectivity index is 1.70. The first-order valence-electron chi connectivity index (χ1n) is 8.52. The number of rotatable bonds is 1. The molecular formula is C19H24N2O2. The zero-order chi connectivity index (χ0) is 16.1. The van der Waals surface area contributed by atoms with Crippen LogP contribution in [-0.4, -0.2) is 48.4 Å². The van der Waals surface area contributed by atoms with Gasteiger partial charge in [0, 0.05) is 36.6 Å². The number of carbonyl (C=O) groups excluding carboxylic acids is 1. The van der Waals surface area contributed by atoms with Crippen molar-refractivity contribution >= 4 is 16.9 Å². The second-order valence-corrected chi connectivity index (χ2v) is 7.33. The minimum absolute atomic E-state index is 0.0707. The van der Waals surface area contributed by atoms with E-state index in [-0.39, 0.29) is 5.91 Å². The van der Waals surface area contributed by atoms with Crippen molar-refractivity contribution in [3.05, 3.63) is 35.1 Å². The third-order valence-corrected chi connectivity index (χ3v) is 5.44. The van der Waals surface area contributed by atoms with Crippen LogP contribution < -0.4 is 0 Å². The normalized spacial score (nSPS) is 25.1. The quantitative estimate of drug-likeness (QED) is 0.811. The van der Waals surface area contributed by atoms with Gasteiger partial charge < -0.3 is 14.2 Å². The molecule has 3 aliphatic rings. The maximum absolute atomic E-state index is 13.1. The van der Waals surface area contributed by atoms with E-state index in [1.807, 2.05) is 19.9 Å². The molecule has 3 aliphatic heterocycles. The van der Waals surface area contributed by atoms with Crippen LogP contribution in [0.15, 0.2) is 22.6 Å². The van der Waals surface area contributed by atoms with Gasteiger partial charge in [-0.3, -0.25) is 4.79 Å². The minimum Gasteiger partial charge on any atom is -0.451 e. The zero-order valence-corrected chi connectivity index (χ0v) is 14.1. The fourth-order valence-electron chi connectivity index (χ4n) is 4.23.